The molecule has 0 amide bonds. The van der Waals surface area contributed by atoms with Crippen molar-refractivity contribution in [1.29, 1.82) is 0 Å². The summed E-state index contributed by atoms with van der Waals surface area (Å²) in [6.07, 6.45) is 0. The first-order chi connectivity index (χ1) is 64.4. The van der Waals surface area contributed by atoms with Crippen molar-refractivity contribution in [1.82, 2.24) is 14.7 Å². The number of nitrogen functional groups attached to an aromatic ring is 1. The van der Waals surface area contributed by atoms with Gasteiger partial charge < -0.3 is 92.3 Å². The molecular weight excluding hydrogens is 1730 g/mol. The number of morpholine rings is 2. The smallest absolute Gasteiger partial charge is 0.320 e. The average Bonchev–Trinajstić information content (AvgIpc) is 0.836. The molecule has 0 aliphatic carbocycles. The van der Waals surface area contributed by atoms with Gasteiger partial charge in [0, 0.05) is 92.5 Å². The van der Waals surface area contributed by atoms with Crippen molar-refractivity contribution in [3.05, 3.63) is 338 Å². The number of hydrogen-bond donors (Lipinski definition) is 1. The topological polar surface area (TPSA) is 284 Å². The van der Waals surface area contributed by atoms with Gasteiger partial charge in [-0.1, -0.05) is 240 Å². The highest BCUT2D eigenvalue weighted by Gasteiger charge is 2.31. The summed E-state index contributed by atoms with van der Waals surface area (Å²) >= 11 is 0. The Morgan fingerprint density at radius 3 is 0.886 bits per heavy atom. The van der Waals surface area contributed by atoms with Crippen LogP contribution in [0.1, 0.15) is 67.9 Å². The number of nitrogens with zero attached hydrogens (tertiary/aromatic N) is 3. The molecule has 2 N–H and O–H groups in total. The van der Waals surface area contributed by atoms with Crippen LogP contribution in [0.25, 0.3) is 0 Å². The molecule has 23 nitrogen and oxygen atoms in total. The second-order valence-corrected chi connectivity index (χ2v) is 35.5. The van der Waals surface area contributed by atoms with Crippen molar-refractivity contribution >= 4 is 62.2 Å². The molecular formula is C106H134N4O19S3. The molecule has 0 aromatic heterocycles. The number of cyclic esters (lactones) is 1. The first-order valence-electron chi connectivity index (χ1n) is 43.9. The number of rotatable bonds is 41. The van der Waals surface area contributed by atoms with Crippen molar-refractivity contribution in [2.45, 2.75) is 90.5 Å². The number of carboxylic acid groups (broad SMARTS) is 3. The number of benzene rings is 11. The third kappa shape index (κ3) is 49.4. The maximum Gasteiger partial charge on any atom is 0.320 e. The van der Waals surface area contributed by atoms with Crippen LogP contribution in [0.4, 0.5) is 5.69 Å². The van der Waals surface area contributed by atoms with Crippen LogP contribution in [0.3, 0.4) is 0 Å². The molecule has 26 heteroatoms. The van der Waals surface area contributed by atoms with E-state index in [-0.39, 0.29) is 63.9 Å². The lowest BCUT2D eigenvalue weighted by Crippen LogP contribution is -2.45. The van der Waals surface area contributed by atoms with Gasteiger partial charge in [-0.25, -0.2) is 0 Å². The fraction of sp³-hybridized carbons (Fsp3) is 0.340. The van der Waals surface area contributed by atoms with Crippen molar-refractivity contribution < 1.29 is 91.3 Å². The number of aliphatic carboxylic acids is 2. The van der Waals surface area contributed by atoms with E-state index in [1.54, 1.807) is 46.6 Å². The Kier molecular flexibility index (Phi) is 61.3. The first-order valence-corrected chi connectivity index (χ1v) is 47.6. The monoisotopic (exact) mass is 1860 g/mol. The van der Waals surface area contributed by atoms with E-state index in [2.05, 4.69) is 333 Å². The van der Waals surface area contributed by atoms with E-state index >= 15 is 0 Å². The van der Waals surface area contributed by atoms with Gasteiger partial charge in [-0.3, -0.25) is 19.5 Å². The number of para-hydroxylation sites is 1. The Bertz CT molecular complexity index is 4050. The van der Waals surface area contributed by atoms with E-state index < -0.39 is 17.9 Å². The minimum atomic E-state index is -1.17. The summed E-state index contributed by atoms with van der Waals surface area (Å²) in [6, 6.07) is 111. The number of aromatic carboxylic acids is 1. The summed E-state index contributed by atoms with van der Waals surface area (Å²) < 4.78 is 61.2. The van der Waals surface area contributed by atoms with E-state index in [0.717, 1.165) is 71.7 Å². The number of anilines is 1. The lowest BCUT2D eigenvalue weighted by Gasteiger charge is -2.26. The summed E-state index contributed by atoms with van der Waals surface area (Å²) in [4.78, 5) is 57.9. The molecule has 0 bridgehead atoms. The molecule has 11 aromatic carbocycles. The summed E-state index contributed by atoms with van der Waals surface area (Å²) in [5.41, 5.74) is 9.82. The highest BCUT2D eigenvalue weighted by atomic mass is 32.2. The van der Waals surface area contributed by atoms with Crippen molar-refractivity contribution in [2.75, 3.05) is 199 Å². The highest BCUT2D eigenvalue weighted by Crippen LogP contribution is 2.34. The fourth-order valence-electron chi connectivity index (χ4n) is 12.4. The quantitative estimate of drug-likeness (QED) is 0.0122. The summed E-state index contributed by atoms with van der Waals surface area (Å²) in [5.74, 6) is -2.73. The molecule has 2 heterocycles. The van der Waals surface area contributed by atoms with Crippen molar-refractivity contribution in [3.8, 4) is 0 Å². The molecule has 0 saturated carbocycles. The number of hydrogen-bond acceptors (Lipinski definition) is 23. The standard InChI is InChI=1S/3C18H15S.C13H27NO5.C12H27NO6.C12H19N.C7H6O2.C6H9NO4.C2H4O2/c3*1-4-10-16(11-5-1)19(17-12-6-2-7-13-17)18-14-8-3-9-15-18;1-15-8-9-18-12-13-19-11-10-17-7-4-14-2-5-16-6-3-14;1-14-10-17-7-4-13(5-8-18-11-15-2)6-9-19-12-16-3;1-8(2)10-6-5-7-11(9(3)4)12(10)13;8-7(9)6-4-2-1-3-5-6;8-5(9)3-7-1-2-11-6(10)4-7;1-2(3)4/h3*1-15H;2-13H2,1H3;4-12H2,1-3H3;5-9H,13H2,1-4H3;1-5H,(H,8,9);1-4H2,(H,8,9);1H3,(H,3,4)/q3*+1;;;;;;/p-3. The van der Waals surface area contributed by atoms with Crippen LogP contribution in [0, 0.1) is 0 Å². The molecule has 0 unspecified atom stereocenters. The second-order valence-electron chi connectivity index (χ2n) is 29.4. The minimum Gasteiger partial charge on any atom is -0.550 e. The molecule has 11 aromatic rings. The second kappa shape index (κ2) is 72.2. The highest BCUT2D eigenvalue weighted by molar-refractivity contribution is 7.97. The molecule has 132 heavy (non-hydrogen) atoms. The van der Waals surface area contributed by atoms with E-state index in [1.807, 2.05) is 0 Å². The van der Waals surface area contributed by atoms with Gasteiger partial charge in [0.15, 0.2) is 44.1 Å². The third-order valence-electron chi connectivity index (χ3n) is 18.7. The maximum atomic E-state index is 10.6. The lowest BCUT2D eigenvalue weighted by atomic mass is 9.93. The van der Waals surface area contributed by atoms with Crippen LogP contribution in [0.2, 0.25) is 0 Å². The number of esters is 1. The lowest BCUT2D eigenvalue weighted by molar-refractivity contribution is -0.306. The molecule has 2 aliphatic heterocycles. The van der Waals surface area contributed by atoms with E-state index in [1.165, 1.54) is 72.2 Å². The Labute approximate surface area is 791 Å². The Morgan fingerprint density at radius 2 is 0.636 bits per heavy atom. The van der Waals surface area contributed by atoms with Crippen LogP contribution in [0.5, 0.6) is 0 Å². The molecule has 2 fully saturated rings. The van der Waals surface area contributed by atoms with Gasteiger partial charge >= 0.3 is 5.97 Å². The Balaban J connectivity index is 0.000000268. The van der Waals surface area contributed by atoms with Crippen LogP contribution in [0.15, 0.2) is 366 Å². The molecule has 13 rings (SSSR count). The van der Waals surface area contributed by atoms with Crippen LogP contribution in [-0.2, 0) is 104 Å². The summed E-state index contributed by atoms with van der Waals surface area (Å²) in [7, 11) is 6.44. The maximum absolute atomic E-state index is 10.6. The zero-order valence-corrected chi connectivity index (χ0v) is 80.3. The Morgan fingerprint density at radius 1 is 0.364 bits per heavy atom. The fourth-order valence-corrected chi connectivity index (χ4v) is 18.7. The van der Waals surface area contributed by atoms with E-state index in [9.17, 15) is 24.6 Å². The molecule has 0 spiro atoms. The van der Waals surface area contributed by atoms with Gasteiger partial charge in [0.2, 0.25) is 0 Å². The number of carbonyl (C=O) groups excluding carboxylic acids is 4. The van der Waals surface area contributed by atoms with Crippen molar-refractivity contribution in [2.24, 2.45) is 0 Å². The van der Waals surface area contributed by atoms with Crippen molar-refractivity contribution in [3.63, 3.8) is 0 Å². The average molecular weight is 1860 g/mol. The normalized spacial score (nSPS) is 12.2. The molecule has 2 aliphatic rings. The van der Waals surface area contributed by atoms with Crippen LogP contribution < -0.4 is 21.1 Å². The summed E-state index contributed by atoms with van der Waals surface area (Å²) in [5, 5.41) is 29.0. The predicted molar refractivity (Wildman–Crippen MR) is 519 cm³/mol. The molecule has 0 radical (unpaired) electrons. The van der Waals surface area contributed by atoms with Crippen LogP contribution in [-0.4, -0.2) is 232 Å². The van der Waals surface area contributed by atoms with Gasteiger partial charge in [0.05, 0.1) is 130 Å². The molecule has 2 saturated heterocycles. The van der Waals surface area contributed by atoms with Gasteiger partial charge in [-0.05, 0) is 145 Å². The largest absolute Gasteiger partial charge is 0.550 e. The SMILES string of the molecule is CC(=O)[O-].CC(C)c1cccc(C(C)C)c1N.COCCOCCOCCOCCN1CCOCC1.COCOCCN(CCOCOC)CCOCOC.O=C([O-])CN1CCOC(=O)C1.O=C([O-])c1ccccc1.c1ccc([S+](c2ccccc2)c2ccccc2)cc1.c1ccc([S+](c2ccccc2)c2ccccc2)cc1.c1ccc([S+](c2ccccc2)c2ccccc2)cc1. The summed E-state index contributed by atoms with van der Waals surface area (Å²) in [6.45, 7) is 24.6. The third-order valence-corrected chi connectivity index (χ3v) is 25.4. The number of ether oxygens (including phenoxy) is 12. The van der Waals surface area contributed by atoms with E-state index in [4.69, 9.17) is 67.7 Å². The number of carbonyl (C=O) groups is 4. The first kappa shape index (κ1) is 112. The number of methoxy groups -OCH3 is 4. The van der Waals surface area contributed by atoms with E-state index in [0.29, 0.717) is 98.2 Å². The predicted octanol–water partition coefficient (Wildman–Crippen LogP) is 14.4. The van der Waals surface area contributed by atoms with Gasteiger partial charge in [0.1, 0.15) is 27.0 Å². The van der Waals surface area contributed by atoms with Gasteiger partial charge in [-0.15, -0.1) is 0 Å². The zero-order chi connectivity index (χ0) is 95.1. The van der Waals surface area contributed by atoms with Crippen LogP contribution >= 0.6 is 0 Å². The minimum absolute atomic E-state index is 0.0146. The number of carboxylic acids is 3. The number of nitrogens with two attached hydrogens (primary N) is 1. The Hall–Kier alpha value is -10.4. The van der Waals surface area contributed by atoms with Gasteiger partial charge in [0.25, 0.3) is 0 Å². The van der Waals surface area contributed by atoms with Gasteiger partial charge in [-0.2, -0.15) is 0 Å². The zero-order valence-electron chi connectivity index (χ0n) is 77.8. The molecule has 0 atom stereocenters. The molecule has 710 valence electrons.